The van der Waals surface area contributed by atoms with Gasteiger partial charge in [-0.1, -0.05) is 96.4 Å². The number of nitrogens with one attached hydrogen (secondary N) is 1. The third-order valence-electron chi connectivity index (χ3n) is 5.65. The molecule has 0 spiro atoms. The van der Waals surface area contributed by atoms with Gasteiger partial charge in [0, 0.05) is 29.6 Å². The van der Waals surface area contributed by atoms with Crippen molar-refractivity contribution in [1.82, 2.24) is 10.2 Å². The molecule has 2 amide bonds. The lowest BCUT2D eigenvalue weighted by Gasteiger charge is -2.32. The van der Waals surface area contributed by atoms with Gasteiger partial charge in [0.05, 0.1) is 6.42 Å². The highest BCUT2D eigenvalue weighted by molar-refractivity contribution is 6.36. The van der Waals surface area contributed by atoms with Gasteiger partial charge < -0.3 is 10.2 Å². The summed E-state index contributed by atoms with van der Waals surface area (Å²) in [7, 11) is 0. The van der Waals surface area contributed by atoms with Crippen LogP contribution < -0.4 is 5.32 Å². The molecule has 1 atom stereocenters. The van der Waals surface area contributed by atoms with Crippen LogP contribution in [0.1, 0.15) is 35.6 Å². The molecule has 1 N–H and O–H groups in total. The lowest BCUT2D eigenvalue weighted by molar-refractivity contribution is -0.140. The molecule has 1 unspecified atom stereocenters. The van der Waals surface area contributed by atoms with Gasteiger partial charge in [0.15, 0.2) is 0 Å². The summed E-state index contributed by atoms with van der Waals surface area (Å²) in [6, 6.07) is 22.2. The molecule has 0 aliphatic carbocycles. The molecule has 34 heavy (non-hydrogen) atoms. The van der Waals surface area contributed by atoms with E-state index in [1.54, 1.807) is 23.1 Å². The van der Waals surface area contributed by atoms with E-state index < -0.39 is 6.04 Å². The molecule has 6 heteroatoms. The van der Waals surface area contributed by atoms with Crippen LogP contribution in [0, 0.1) is 6.92 Å². The van der Waals surface area contributed by atoms with E-state index in [0.29, 0.717) is 35.1 Å². The Kier molecular flexibility index (Phi) is 9.55. The zero-order chi connectivity index (χ0) is 24.5. The van der Waals surface area contributed by atoms with E-state index in [2.05, 4.69) is 5.32 Å². The Hall–Kier alpha value is -2.82. The van der Waals surface area contributed by atoms with Crippen LogP contribution in [-0.4, -0.2) is 29.3 Å². The molecular weight excluding hydrogens is 467 g/mol. The summed E-state index contributed by atoms with van der Waals surface area (Å²) >= 11 is 12.7. The van der Waals surface area contributed by atoms with E-state index >= 15 is 0 Å². The molecule has 3 rings (SSSR count). The molecule has 3 aromatic rings. The van der Waals surface area contributed by atoms with Crippen molar-refractivity contribution in [3.8, 4) is 0 Å². The molecule has 0 bridgehead atoms. The number of aryl methyl sites for hydroxylation is 1. The molecule has 0 aliphatic rings. The first-order valence-corrected chi connectivity index (χ1v) is 12.2. The first-order chi connectivity index (χ1) is 16.4. The molecule has 178 valence electrons. The molecule has 0 heterocycles. The van der Waals surface area contributed by atoms with Gasteiger partial charge >= 0.3 is 0 Å². The van der Waals surface area contributed by atoms with Crippen LogP contribution in [-0.2, 0) is 29.0 Å². The number of hydrogen-bond donors (Lipinski definition) is 1. The monoisotopic (exact) mass is 496 g/mol. The summed E-state index contributed by atoms with van der Waals surface area (Å²) in [6.45, 7) is 4.86. The maximum Gasteiger partial charge on any atom is 0.243 e. The Bertz CT molecular complexity index is 1100. The van der Waals surface area contributed by atoms with Gasteiger partial charge in [0.25, 0.3) is 0 Å². The molecule has 4 nitrogen and oxygen atoms in total. The first-order valence-electron chi connectivity index (χ1n) is 11.5. The van der Waals surface area contributed by atoms with Crippen molar-refractivity contribution in [3.63, 3.8) is 0 Å². The Morgan fingerprint density at radius 2 is 1.56 bits per heavy atom. The highest BCUT2D eigenvalue weighted by atomic mass is 35.5. The highest BCUT2D eigenvalue weighted by Gasteiger charge is 2.31. The summed E-state index contributed by atoms with van der Waals surface area (Å²) in [6.07, 6.45) is 1.23. The minimum atomic E-state index is -0.678. The van der Waals surface area contributed by atoms with Crippen molar-refractivity contribution in [2.24, 2.45) is 0 Å². The molecule has 3 aromatic carbocycles. The number of carbonyl (C=O) groups excluding carboxylic acids is 2. The number of nitrogens with zero attached hydrogens (tertiary/aromatic N) is 1. The average molecular weight is 497 g/mol. The number of benzene rings is 3. The fraction of sp³-hybridized carbons (Fsp3) is 0.286. The smallest absolute Gasteiger partial charge is 0.243 e. The summed E-state index contributed by atoms with van der Waals surface area (Å²) in [5, 5.41) is 3.86. The van der Waals surface area contributed by atoms with E-state index in [4.69, 9.17) is 23.2 Å². The predicted octanol–water partition coefficient (Wildman–Crippen LogP) is 6.01. The number of carbonyl (C=O) groups is 2. The van der Waals surface area contributed by atoms with Crippen molar-refractivity contribution >= 4 is 35.0 Å². The Labute approximate surface area is 211 Å². The Balaban J connectivity index is 1.99. The zero-order valence-electron chi connectivity index (χ0n) is 19.6. The van der Waals surface area contributed by atoms with Gasteiger partial charge in [-0.05, 0) is 42.2 Å². The van der Waals surface area contributed by atoms with Gasteiger partial charge in [0.2, 0.25) is 11.8 Å². The number of hydrogen-bond acceptors (Lipinski definition) is 2. The molecular formula is C28H30Cl2N2O2. The summed E-state index contributed by atoms with van der Waals surface area (Å²) < 4.78 is 0. The summed E-state index contributed by atoms with van der Waals surface area (Å²) in [5.41, 5.74) is 3.60. The van der Waals surface area contributed by atoms with Gasteiger partial charge in [-0.2, -0.15) is 0 Å². The van der Waals surface area contributed by atoms with Gasteiger partial charge in [0.1, 0.15) is 6.04 Å². The quantitative estimate of drug-likeness (QED) is 0.373. The maximum absolute atomic E-state index is 13.7. The molecule has 0 saturated carbocycles. The molecule has 0 saturated heterocycles. The van der Waals surface area contributed by atoms with Gasteiger partial charge in [-0.3, -0.25) is 9.59 Å². The Morgan fingerprint density at radius 3 is 2.21 bits per heavy atom. The SMILES string of the molecule is CCCNC(=O)C(Cc1ccccc1)N(Cc1cccc(C)c1)C(=O)Cc1c(Cl)cccc1Cl. The topological polar surface area (TPSA) is 49.4 Å². The third kappa shape index (κ3) is 7.09. The van der Waals surface area contributed by atoms with E-state index in [9.17, 15) is 9.59 Å². The minimum absolute atomic E-state index is 0.0106. The van der Waals surface area contributed by atoms with Crippen molar-refractivity contribution < 1.29 is 9.59 Å². The Morgan fingerprint density at radius 1 is 0.912 bits per heavy atom. The van der Waals surface area contributed by atoms with Crippen molar-refractivity contribution in [3.05, 3.63) is 105 Å². The average Bonchev–Trinajstić information content (AvgIpc) is 2.82. The van der Waals surface area contributed by atoms with E-state index in [-0.39, 0.29) is 18.2 Å². The minimum Gasteiger partial charge on any atom is -0.354 e. The maximum atomic E-state index is 13.7. The van der Waals surface area contributed by atoms with Crippen LogP contribution in [0.3, 0.4) is 0 Å². The highest BCUT2D eigenvalue weighted by Crippen LogP contribution is 2.26. The van der Waals surface area contributed by atoms with Crippen LogP contribution in [0.15, 0.2) is 72.8 Å². The summed E-state index contributed by atoms with van der Waals surface area (Å²) in [5.74, 6) is -0.374. The van der Waals surface area contributed by atoms with Crippen LogP contribution in [0.5, 0.6) is 0 Å². The fourth-order valence-electron chi connectivity index (χ4n) is 3.88. The largest absolute Gasteiger partial charge is 0.354 e. The molecule has 0 aromatic heterocycles. The van der Waals surface area contributed by atoms with Crippen LogP contribution in [0.4, 0.5) is 0 Å². The van der Waals surface area contributed by atoms with Crippen molar-refractivity contribution in [2.75, 3.05) is 6.54 Å². The molecule has 0 fully saturated rings. The lowest BCUT2D eigenvalue weighted by Crippen LogP contribution is -2.51. The van der Waals surface area contributed by atoms with Crippen molar-refractivity contribution in [2.45, 2.75) is 45.7 Å². The van der Waals surface area contributed by atoms with E-state index in [0.717, 1.165) is 23.1 Å². The van der Waals surface area contributed by atoms with Crippen LogP contribution in [0.2, 0.25) is 10.0 Å². The first kappa shape index (κ1) is 25.8. The lowest BCUT2D eigenvalue weighted by atomic mass is 10.0. The number of halogens is 2. The van der Waals surface area contributed by atoms with E-state index in [1.165, 1.54) is 0 Å². The molecule has 0 radical (unpaired) electrons. The number of rotatable bonds is 10. The van der Waals surface area contributed by atoms with Crippen LogP contribution in [0.25, 0.3) is 0 Å². The number of amides is 2. The fourth-order valence-corrected chi connectivity index (χ4v) is 4.41. The van der Waals surface area contributed by atoms with Gasteiger partial charge in [-0.25, -0.2) is 0 Å². The summed E-state index contributed by atoms with van der Waals surface area (Å²) in [4.78, 5) is 28.7. The molecule has 0 aliphatic heterocycles. The van der Waals surface area contributed by atoms with Gasteiger partial charge in [-0.15, -0.1) is 0 Å². The van der Waals surface area contributed by atoms with Crippen molar-refractivity contribution in [1.29, 1.82) is 0 Å². The third-order valence-corrected chi connectivity index (χ3v) is 6.35. The normalized spacial score (nSPS) is 11.6. The van der Waals surface area contributed by atoms with E-state index in [1.807, 2.05) is 68.4 Å². The standard InChI is InChI=1S/C28H30Cl2N2O2/c1-3-15-31-28(34)26(17-21-10-5-4-6-11-21)32(19-22-12-7-9-20(2)16-22)27(33)18-23-24(29)13-8-14-25(23)30/h4-14,16,26H,3,15,17-19H2,1-2H3,(H,31,34). The second-order valence-electron chi connectivity index (χ2n) is 8.38. The predicted molar refractivity (Wildman–Crippen MR) is 139 cm³/mol. The second-order valence-corrected chi connectivity index (χ2v) is 9.20. The van der Waals surface area contributed by atoms with Crippen LogP contribution >= 0.6 is 23.2 Å². The zero-order valence-corrected chi connectivity index (χ0v) is 21.1. The second kappa shape index (κ2) is 12.6.